The molecule has 0 unspecified atom stereocenters. The van der Waals surface area contributed by atoms with Crippen LogP contribution in [0.2, 0.25) is 10.0 Å². The minimum absolute atomic E-state index is 0.225. The predicted octanol–water partition coefficient (Wildman–Crippen LogP) is 3.49. The van der Waals surface area contributed by atoms with Crippen LogP contribution < -0.4 is 11.1 Å². The topological polar surface area (TPSA) is 55.1 Å². The number of carbonyl (C=O) groups excluding carboxylic acids is 1. The van der Waals surface area contributed by atoms with E-state index in [-0.39, 0.29) is 16.5 Å². The molecule has 98 valence electrons. The number of nitrogens with one attached hydrogen (secondary N) is 1. The van der Waals surface area contributed by atoms with Gasteiger partial charge in [-0.3, -0.25) is 4.79 Å². The first-order valence-electron chi connectivity index (χ1n) is 5.88. The molecule has 18 heavy (non-hydrogen) atoms. The molecule has 0 atom stereocenters. The highest BCUT2D eigenvalue weighted by Gasteiger charge is 2.39. The Hall–Kier alpha value is -0.930. The minimum Gasteiger partial charge on any atom is -0.399 e. The number of carbonyl (C=O) groups is 1. The van der Waals surface area contributed by atoms with E-state index in [9.17, 15) is 4.79 Å². The Bertz CT molecular complexity index is 496. The maximum atomic E-state index is 12.2. The summed E-state index contributed by atoms with van der Waals surface area (Å²) >= 11 is 12.0. The van der Waals surface area contributed by atoms with Gasteiger partial charge in [0.05, 0.1) is 15.6 Å². The minimum atomic E-state index is -0.230. The highest BCUT2D eigenvalue weighted by Crippen LogP contribution is 2.39. The van der Waals surface area contributed by atoms with Crippen molar-refractivity contribution in [3.63, 3.8) is 0 Å². The van der Waals surface area contributed by atoms with Gasteiger partial charge in [0.1, 0.15) is 0 Å². The molecule has 1 aromatic rings. The molecule has 3 nitrogen and oxygen atoms in total. The van der Waals surface area contributed by atoms with Gasteiger partial charge in [-0.25, -0.2) is 0 Å². The number of hydrogen-bond acceptors (Lipinski definition) is 2. The highest BCUT2D eigenvalue weighted by atomic mass is 35.5. The monoisotopic (exact) mass is 286 g/mol. The van der Waals surface area contributed by atoms with Crippen LogP contribution in [0.15, 0.2) is 12.1 Å². The number of nitrogens with two attached hydrogens (primary N) is 1. The molecule has 1 aliphatic rings. The zero-order valence-electron chi connectivity index (χ0n) is 10.4. The molecular formula is C13H16Cl2N2O. The second-order valence-corrected chi connectivity index (χ2v) is 6.10. The maximum Gasteiger partial charge on any atom is 0.253 e. The fraction of sp³-hybridized carbons (Fsp3) is 0.462. The lowest BCUT2D eigenvalue weighted by molar-refractivity contribution is 0.0903. The van der Waals surface area contributed by atoms with Gasteiger partial charge in [0.15, 0.2) is 0 Å². The van der Waals surface area contributed by atoms with Crippen molar-refractivity contribution < 1.29 is 4.79 Å². The average molecular weight is 287 g/mol. The summed E-state index contributed by atoms with van der Waals surface area (Å²) in [6, 6.07) is 3.08. The SMILES string of the molecule is CC(C)(NC(=O)c1cc(N)cc(Cl)c1Cl)C1CC1. The Morgan fingerprint density at radius 3 is 2.56 bits per heavy atom. The molecule has 0 heterocycles. The summed E-state index contributed by atoms with van der Waals surface area (Å²) in [6.07, 6.45) is 2.30. The van der Waals surface area contributed by atoms with Crippen molar-refractivity contribution in [2.75, 3.05) is 5.73 Å². The Morgan fingerprint density at radius 1 is 1.39 bits per heavy atom. The predicted molar refractivity (Wildman–Crippen MR) is 75.1 cm³/mol. The Balaban J connectivity index is 2.23. The van der Waals surface area contributed by atoms with Crippen LogP contribution in [0.25, 0.3) is 0 Å². The second-order valence-electron chi connectivity index (χ2n) is 5.31. The van der Waals surface area contributed by atoms with Gasteiger partial charge in [0.25, 0.3) is 5.91 Å². The molecule has 1 amide bonds. The standard InChI is InChI=1S/C13H16Cl2N2O/c1-13(2,7-3-4-7)17-12(18)9-5-8(16)6-10(14)11(9)15/h5-7H,3-4,16H2,1-2H3,(H,17,18). The van der Waals surface area contributed by atoms with Gasteiger partial charge in [-0.1, -0.05) is 23.2 Å². The molecular weight excluding hydrogens is 271 g/mol. The van der Waals surface area contributed by atoms with Crippen molar-refractivity contribution in [3.8, 4) is 0 Å². The molecule has 0 aromatic heterocycles. The van der Waals surface area contributed by atoms with Gasteiger partial charge in [-0.05, 0) is 44.7 Å². The molecule has 0 aliphatic heterocycles. The zero-order valence-corrected chi connectivity index (χ0v) is 11.9. The van der Waals surface area contributed by atoms with Gasteiger partial charge in [-0.2, -0.15) is 0 Å². The van der Waals surface area contributed by atoms with E-state index in [0.717, 1.165) is 12.8 Å². The van der Waals surface area contributed by atoms with Crippen LogP contribution >= 0.6 is 23.2 Å². The van der Waals surface area contributed by atoms with Crippen molar-refractivity contribution in [2.45, 2.75) is 32.2 Å². The fourth-order valence-electron chi connectivity index (χ4n) is 2.04. The first-order chi connectivity index (χ1) is 8.31. The van der Waals surface area contributed by atoms with E-state index >= 15 is 0 Å². The van der Waals surface area contributed by atoms with E-state index in [2.05, 4.69) is 5.32 Å². The van der Waals surface area contributed by atoms with Crippen molar-refractivity contribution in [1.29, 1.82) is 0 Å². The first-order valence-corrected chi connectivity index (χ1v) is 6.64. The number of rotatable bonds is 3. The molecule has 2 rings (SSSR count). The van der Waals surface area contributed by atoms with Crippen LogP contribution in [0.1, 0.15) is 37.0 Å². The largest absolute Gasteiger partial charge is 0.399 e. The molecule has 0 bridgehead atoms. The quantitative estimate of drug-likeness (QED) is 0.836. The van der Waals surface area contributed by atoms with E-state index in [1.165, 1.54) is 6.07 Å². The summed E-state index contributed by atoms with van der Waals surface area (Å²) in [5.74, 6) is 0.308. The van der Waals surface area contributed by atoms with E-state index in [4.69, 9.17) is 28.9 Å². The van der Waals surface area contributed by atoms with Gasteiger partial charge in [-0.15, -0.1) is 0 Å². The smallest absolute Gasteiger partial charge is 0.253 e. The van der Waals surface area contributed by atoms with E-state index < -0.39 is 0 Å². The van der Waals surface area contributed by atoms with E-state index in [1.807, 2.05) is 13.8 Å². The third kappa shape index (κ3) is 2.73. The van der Waals surface area contributed by atoms with Crippen molar-refractivity contribution in [2.24, 2.45) is 5.92 Å². The maximum absolute atomic E-state index is 12.2. The van der Waals surface area contributed by atoms with Crippen LogP contribution in [0.4, 0.5) is 5.69 Å². The number of halogens is 2. The molecule has 1 aromatic carbocycles. The van der Waals surface area contributed by atoms with E-state index in [1.54, 1.807) is 6.07 Å². The van der Waals surface area contributed by atoms with Crippen LogP contribution in [-0.4, -0.2) is 11.4 Å². The molecule has 0 spiro atoms. The average Bonchev–Trinajstić information content (AvgIpc) is 3.06. The normalized spacial score (nSPS) is 15.6. The van der Waals surface area contributed by atoms with Gasteiger partial charge >= 0.3 is 0 Å². The summed E-state index contributed by atoms with van der Waals surface area (Å²) in [5, 5.41) is 3.53. The zero-order chi connectivity index (χ0) is 13.5. The number of nitrogen functional groups attached to an aromatic ring is 1. The van der Waals surface area contributed by atoms with Crippen LogP contribution in [0.5, 0.6) is 0 Å². The molecule has 1 saturated carbocycles. The Kier molecular flexibility index (Phi) is 3.47. The summed E-state index contributed by atoms with van der Waals surface area (Å²) in [6.45, 7) is 4.04. The van der Waals surface area contributed by atoms with Crippen LogP contribution in [0, 0.1) is 5.92 Å². The molecule has 5 heteroatoms. The van der Waals surface area contributed by atoms with Crippen molar-refractivity contribution in [3.05, 3.63) is 27.7 Å². The summed E-state index contributed by atoms with van der Waals surface area (Å²) < 4.78 is 0. The lowest BCUT2D eigenvalue weighted by atomic mass is 9.98. The highest BCUT2D eigenvalue weighted by molar-refractivity contribution is 6.44. The summed E-state index contributed by atoms with van der Waals surface area (Å²) in [4.78, 5) is 12.2. The molecule has 0 radical (unpaired) electrons. The van der Waals surface area contributed by atoms with Crippen LogP contribution in [0.3, 0.4) is 0 Å². The lowest BCUT2D eigenvalue weighted by Crippen LogP contribution is -2.45. The lowest BCUT2D eigenvalue weighted by Gasteiger charge is -2.26. The summed E-state index contributed by atoms with van der Waals surface area (Å²) in [5.41, 5.74) is 6.21. The summed E-state index contributed by atoms with van der Waals surface area (Å²) in [7, 11) is 0. The third-order valence-electron chi connectivity index (χ3n) is 3.33. The number of amides is 1. The second kappa shape index (κ2) is 4.63. The fourth-order valence-corrected chi connectivity index (χ4v) is 2.47. The molecule has 1 fully saturated rings. The van der Waals surface area contributed by atoms with Gasteiger partial charge in [0.2, 0.25) is 0 Å². The van der Waals surface area contributed by atoms with Gasteiger partial charge in [0, 0.05) is 11.2 Å². The Labute approximate surface area is 117 Å². The van der Waals surface area contributed by atoms with E-state index in [0.29, 0.717) is 22.2 Å². The number of benzene rings is 1. The van der Waals surface area contributed by atoms with Crippen molar-refractivity contribution >= 4 is 34.8 Å². The number of hydrogen-bond donors (Lipinski definition) is 2. The third-order valence-corrected chi connectivity index (χ3v) is 4.13. The number of anilines is 1. The Morgan fingerprint density at radius 2 is 2.00 bits per heavy atom. The molecule has 3 N–H and O–H groups in total. The van der Waals surface area contributed by atoms with Crippen molar-refractivity contribution in [1.82, 2.24) is 5.32 Å². The first kappa shape index (κ1) is 13.5. The van der Waals surface area contributed by atoms with Gasteiger partial charge < -0.3 is 11.1 Å². The molecule has 1 aliphatic carbocycles. The molecule has 0 saturated heterocycles. The van der Waals surface area contributed by atoms with Crippen LogP contribution in [-0.2, 0) is 0 Å².